The molecule has 0 bridgehead atoms. The van der Waals surface area contributed by atoms with Gasteiger partial charge in [-0.1, -0.05) is 11.6 Å². The molecule has 2 rings (SSSR count). The molecule has 0 aliphatic rings. The number of pyridine rings is 1. The third kappa shape index (κ3) is 3.85. The van der Waals surface area contributed by atoms with Gasteiger partial charge in [0.25, 0.3) is 0 Å². The van der Waals surface area contributed by atoms with Crippen molar-refractivity contribution in [2.45, 2.75) is 13.5 Å². The highest BCUT2D eigenvalue weighted by Gasteiger charge is 2.06. The van der Waals surface area contributed by atoms with Crippen LogP contribution in [0.15, 0.2) is 36.5 Å². The summed E-state index contributed by atoms with van der Waals surface area (Å²) in [5.74, 6) is 1.88. The average Bonchev–Trinajstić information content (AvgIpc) is 2.44. The standard InChI is InChI=1S/C15H17ClN2O2/c1-3-19-12-4-6-13(7-5-12)20-15-14(16)8-11(9-17-2)10-18-15/h4-8,10,17H,3,9H2,1-2H3. The summed E-state index contributed by atoms with van der Waals surface area (Å²) in [4.78, 5) is 4.23. The first kappa shape index (κ1) is 14.6. The average molecular weight is 293 g/mol. The van der Waals surface area contributed by atoms with Crippen LogP contribution in [-0.4, -0.2) is 18.6 Å². The molecule has 0 saturated carbocycles. The molecule has 0 atom stereocenters. The summed E-state index contributed by atoms with van der Waals surface area (Å²) in [5, 5.41) is 3.54. The summed E-state index contributed by atoms with van der Waals surface area (Å²) in [7, 11) is 1.87. The molecular weight excluding hydrogens is 276 g/mol. The van der Waals surface area contributed by atoms with Crippen LogP contribution >= 0.6 is 11.6 Å². The normalized spacial score (nSPS) is 10.3. The van der Waals surface area contributed by atoms with Gasteiger partial charge in [0.05, 0.1) is 6.61 Å². The van der Waals surface area contributed by atoms with E-state index in [2.05, 4.69) is 10.3 Å². The van der Waals surface area contributed by atoms with Gasteiger partial charge in [0.1, 0.15) is 16.5 Å². The van der Waals surface area contributed by atoms with Gasteiger partial charge in [-0.15, -0.1) is 0 Å². The van der Waals surface area contributed by atoms with E-state index in [4.69, 9.17) is 21.1 Å². The van der Waals surface area contributed by atoms with Crippen LogP contribution < -0.4 is 14.8 Å². The van der Waals surface area contributed by atoms with Gasteiger partial charge in [-0.2, -0.15) is 0 Å². The topological polar surface area (TPSA) is 43.4 Å². The van der Waals surface area contributed by atoms with Crippen LogP contribution in [0, 0.1) is 0 Å². The molecule has 0 spiro atoms. The van der Waals surface area contributed by atoms with Gasteiger partial charge in [-0.3, -0.25) is 0 Å². The predicted molar refractivity (Wildman–Crippen MR) is 79.7 cm³/mol. The number of ether oxygens (including phenoxy) is 2. The van der Waals surface area contributed by atoms with Crippen molar-refractivity contribution in [1.29, 1.82) is 0 Å². The number of nitrogens with one attached hydrogen (secondary N) is 1. The summed E-state index contributed by atoms with van der Waals surface area (Å²) >= 11 is 6.16. The molecule has 0 amide bonds. The highest BCUT2D eigenvalue weighted by atomic mass is 35.5. The molecule has 1 heterocycles. The van der Waals surface area contributed by atoms with E-state index >= 15 is 0 Å². The van der Waals surface area contributed by atoms with Gasteiger partial charge < -0.3 is 14.8 Å². The molecule has 4 nitrogen and oxygen atoms in total. The fraction of sp³-hybridized carbons (Fsp3) is 0.267. The van der Waals surface area contributed by atoms with Gasteiger partial charge in [0, 0.05) is 12.7 Å². The zero-order valence-electron chi connectivity index (χ0n) is 11.5. The van der Waals surface area contributed by atoms with E-state index in [0.29, 0.717) is 23.3 Å². The lowest BCUT2D eigenvalue weighted by Gasteiger charge is -2.09. The Bertz CT molecular complexity index is 558. The third-order valence-electron chi connectivity index (χ3n) is 2.59. The first-order chi connectivity index (χ1) is 9.72. The lowest BCUT2D eigenvalue weighted by Crippen LogP contribution is -2.05. The lowest BCUT2D eigenvalue weighted by molar-refractivity contribution is 0.339. The Morgan fingerprint density at radius 1 is 1.20 bits per heavy atom. The van der Waals surface area contributed by atoms with Crippen molar-refractivity contribution < 1.29 is 9.47 Å². The highest BCUT2D eigenvalue weighted by molar-refractivity contribution is 6.31. The fourth-order valence-electron chi connectivity index (χ4n) is 1.72. The van der Waals surface area contributed by atoms with Crippen LogP contribution in [0.3, 0.4) is 0 Å². The Morgan fingerprint density at radius 2 is 1.90 bits per heavy atom. The van der Waals surface area contributed by atoms with Crippen molar-refractivity contribution in [3.05, 3.63) is 47.1 Å². The number of benzene rings is 1. The zero-order valence-corrected chi connectivity index (χ0v) is 12.3. The summed E-state index contributed by atoms with van der Waals surface area (Å²) in [6, 6.07) is 9.19. The quantitative estimate of drug-likeness (QED) is 0.882. The molecule has 0 radical (unpaired) electrons. The molecule has 0 saturated heterocycles. The predicted octanol–water partition coefficient (Wildman–Crippen LogP) is 3.65. The van der Waals surface area contributed by atoms with Crippen molar-refractivity contribution in [2.75, 3.05) is 13.7 Å². The summed E-state index contributed by atoms with van der Waals surface area (Å²) < 4.78 is 11.0. The van der Waals surface area contributed by atoms with E-state index in [1.807, 2.05) is 44.3 Å². The SMILES string of the molecule is CCOc1ccc(Oc2ncc(CNC)cc2Cl)cc1. The summed E-state index contributed by atoms with van der Waals surface area (Å²) in [5.41, 5.74) is 1.01. The van der Waals surface area contributed by atoms with E-state index in [1.165, 1.54) is 0 Å². The largest absolute Gasteiger partial charge is 0.494 e. The van der Waals surface area contributed by atoms with Gasteiger partial charge >= 0.3 is 0 Å². The monoisotopic (exact) mass is 292 g/mol. The molecule has 2 aromatic rings. The van der Waals surface area contributed by atoms with Crippen LogP contribution in [0.4, 0.5) is 0 Å². The van der Waals surface area contributed by atoms with Gasteiger partial charge in [-0.25, -0.2) is 4.98 Å². The first-order valence-electron chi connectivity index (χ1n) is 6.42. The Kier molecular flexibility index (Phi) is 5.21. The lowest BCUT2D eigenvalue weighted by atomic mass is 10.3. The molecule has 106 valence electrons. The molecule has 0 aliphatic carbocycles. The van der Waals surface area contributed by atoms with Crippen LogP contribution in [0.2, 0.25) is 5.02 Å². The number of hydrogen-bond acceptors (Lipinski definition) is 4. The molecular formula is C15H17ClN2O2. The number of halogens is 1. The van der Waals surface area contributed by atoms with Crippen LogP contribution in [0.25, 0.3) is 0 Å². The second-order valence-corrected chi connectivity index (χ2v) is 4.57. The molecule has 5 heteroatoms. The van der Waals surface area contributed by atoms with Gasteiger partial charge in [0.2, 0.25) is 5.88 Å². The number of hydrogen-bond donors (Lipinski definition) is 1. The molecule has 20 heavy (non-hydrogen) atoms. The van der Waals surface area contributed by atoms with Crippen LogP contribution in [0.5, 0.6) is 17.4 Å². The Morgan fingerprint density at radius 3 is 2.50 bits per heavy atom. The maximum absolute atomic E-state index is 6.16. The number of rotatable bonds is 6. The number of nitrogens with zero attached hydrogens (tertiary/aromatic N) is 1. The van der Waals surface area contributed by atoms with Crippen LogP contribution in [-0.2, 0) is 6.54 Å². The smallest absolute Gasteiger partial charge is 0.238 e. The Balaban J connectivity index is 2.09. The van der Waals surface area contributed by atoms with E-state index in [0.717, 1.165) is 17.9 Å². The first-order valence-corrected chi connectivity index (χ1v) is 6.80. The van der Waals surface area contributed by atoms with E-state index in [-0.39, 0.29) is 0 Å². The molecule has 1 aromatic carbocycles. The molecule has 1 N–H and O–H groups in total. The van der Waals surface area contributed by atoms with E-state index in [9.17, 15) is 0 Å². The minimum absolute atomic E-state index is 0.399. The molecule has 0 aliphatic heterocycles. The third-order valence-corrected chi connectivity index (χ3v) is 2.86. The molecule has 1 aromatic heterocycles. The molecule has 0 fully saturated rings. The van der Waals surface area contributed by atoms with Crippen molar-refractivity contribution in [2.24, 2.45) is 0 Å². The van der Waals surface area contributed by atoms with Crippen molar-refractivity contribution in [1.82, 2.24) is 10.3 Å². The second-order valence-electron chi connectivity index (χ2n) is 4.17. The zero-order chi connectivity index (χ0) is 14.4. The highest BCUT2D eigenvalue weighted by Crippen LogP contribution is 2.28. The van der Waals surface area contributed by atoms with E-state index < -0.39 is 0 Å². The van der Waals surface area contributed by atoms with Crippen molar-refractivity contribution in [3.8, 4) is 17.4 Å². The Hall–Kier alpha value is -1.78. The fourth-order valence-corrected chi connectivity index (χ4v) is 1.95. The van der Waals surface area contributed by atoms with Crippen molar-refractivity contribution >= 4 is 11.6 Å². The maximum Gasteiger partial charge on any atom is 0.238 e. The summed E-state index contributed by atoms with van der Waals surface area (Å²) in [6.45, 7) is 3.30. The second kappa shape index (κ2) is 7.12. The van der Waals surface area contributed by atoms with Gasteiger partial charge in [-0.05, 0) is 49.9 Å². The van der Waals surface area contributed by atoms with E-state index in [1.54, 1.807) is 6.20 Å². The molecule has 0 unspecified atom stereocenters. The van der Waals surface area contributed by atoms with Crippen LogP contribution in [0.1, 0.15) is 12.5 Å². The maximum atomic E-state index is 6.16. The summed E-state index contributed by atoms with van der Waals surface area (Å²) in [6.07, 6.45) is 1.74. The minimum atomic E-state index is 0.399. The van der Waals surface area contributed by atoms with Gasteiger partial charge in [0.15, 0.2) is 0 Å². The Labute approximate surface area is 123 Å². The minimum Gasteiger partial charge on any atom is -0.494 e. The van der Waals surface area contributed by atoms with Crippen molar-refractivity contribution in [3.63, 3.8) is 0 Å². The number of aromatic nitrogens is 1.